The Balaban J connectivity index is 2.23. The molecule has 8 heteroatoms. The van der Waals surface area contributed by atoms with E-state index in [0.29, 0.717) is 19.0 Å². The molecule has 1 saturated heterocycles. The molecule has 1 rings (SSSR count). The van der Waals surface area contributed by atoms with Crippen molar-refractivity contribution in [3.05, 3.63) is 0 Å². The average molecular weight is 292 g/mol. The van der Waals surface area contributed by atoms with Gasteiger partial charge in [-0.2, -0.15) is 0 Å². The molecule has 19 heavy (non-hydrogen) atoms. The third kappa shape index (κ3) is 6.74. The Morgan fingerprint density at radius 1 is 1.42 bits per heavy atom. The molecule has 0 bridgehead atoms. The van der Waals surface area contributed by atoms with Crippen molar-refractivity contribution in [2.24, 2.45) is 4.99 Å². The van der Waals surface area contributed by atoms with Crippen molar-refractivity contribution >= 4 is 16.0 Å². The summed E-state index contributed by atoms with van der Waals surface area (Å²) in [5.74, 6) is 0.589. The fourth-order valence-electron chi connectivity index (χ4n) is 1.84. The van der Waals surface area contributed by atoms with Gasteiger partial charge < -0.3 is 15.4 Å². The largest absolute Gasteiger partial charge is 0.377 e. The standard InChI is InChI=1S/C11H24N4O3S/c1-12-11(13-2)14-6-8-19(16,17)15-9-10-5-3-4-7-18-10/h10,15H,3-9H2,1-2H3,(H2,12,13,14). The van der Waals surface area contributed by atoms with E-state index in [1.165, 1.54) is 0 Å². The van der Waals surface area contributed by atoms with E-state index < -0.39 is 10.0 Å². The van der Waals surface area contributed by atoms with Gasteiger partial charge in [0.2, 0.25) is 10.0 Å². The van der Waals surface area contributed by atoms with Crippen LogP contribution in [0.4, 0.5) is 0 Å². The molecule has 1 fully saturated rings. The quantitative estimate of drug-likeness (QED) is 0.443. The molecule has 0 aromatic carbocycles. The predicted octanol–water partition coefficient (Wildman–Crippen LogP) is -0.730. The van der Waals surface area contributed by atoms with Crippen LogP contribution in [0.15, 0.2) is 4.99 Å². The van der Waals surface area contributed by atoms with E-state index in [1.54, 1.807) is 14.1 Å². The molecule has 1 unspecified atom stereocenters. The Labute approximate surface area is 115 Å². The molecule has 112 valence electrons. The highest BCUT2D eigenvalue weighted by Crippen LogP contribution is 2.11. The zero-order valence-corrected chi connectivity index (χ0v) is 12.4. The molecule has 0 radical (unpaired) electrons. The Bertz CT molecular complexity index is 377. The maximum Gasteiger partial charge on any atom is 0.213 e. The van der Waals surface area contributed by atoms with Gasteiger partial charge in [0.25, 0.3) is 0 Å². The van der Waals surface area contributed by atoms with Gasteiger partial charge in [0.1, 0.15) is 0 Å². The first-order chi connectivity index (χ1) is 9.07. The zero-order valence-electron chi connectivity index (χ0n) is 11.6. The minimum atomic E-state index is -3.27. The van der Waals surface area contributed by atoms with Crippen LogP contribution in [0.1, 0.15) is 19.3 Å². The number of nitrogens with zero attached hydrogens (tertiary/aromatic N) is 1. The van der Waals surface area contributed by atoms with E-state index in [1.807, 2.05) is 0 Å². The molecule has 1 aliphatic heterocycles. The fourth-order valence-corrected chi connectivity index (χ4v) is 2.80. The molecule has 0 amide bonds. The van der Waals surface area contributed by atoms with Crippen LogP contribution in [0.2, 0.25) is 0 Å². The second-order valence-electron chi connectivity index (χ2n) is 4.40. The summed E-state index contributed by atoms with van der Waals surface area (Å²) < 4.78 is 31.6. The number of hydrogen-bond donors (Lipinski definition) is 3. The maximum atomic E-state index is 11.8. The van der Waals surface area contributed by atoms with Crippen molar-refractivity contribution in [3.8, 4) is 0 Å². The van der Waals surface area contributed by atoms with Crippen LogP contribution in [-0.2, 0) is 14.8 Å². The summed E-state index contributed by atoms with van der Waals surface area (Å²) >= 11 is 0. The highest BCUT2D eigenvalue weighted by atomic mass is 32.2. The Hall–Kier alpha value is -0.860. The molecule has 1 aliphatic rings. The van der Waals surface area contributed by atoms with Gasteiger partial charge in [0.05, 0.1) is 11.9 Å². The number of sulfonamides is 1. The monoisotopic (exact) mass is 292 g/mol. The number of aliphatic imine (C=N–C) groups is 1. The van der Waals surface area contributed by atoms with Crippen LogP contribution in [0, 0.1) is 0 Å². The SMILES string of the molecule is CN=C(NC)NCCS(=O)(=O)NCC1CCCCO1. The van der Waals surface area contributed by atoms with Crippen molar-refractivity contribution in [2.45, 2.75) is 25.4 Å². The summed E-state index contributed by atoms with van der Waals surface area (Å²) in [5, 5.41) is 5.73. The molecule has 0 spiro atoms. The summed E-state index contributed by atoms with van der Waals surface area (Å²) in [6.07, 6.45) is 3.11. The van der Waals surface area contributed by atoms with Crippen molar-refractivity contribution < 1.29 is 13.2 Å². The lowest BCUT2D eigenvalue weighted by Gasteiger charge is -2.22. The fraction of sp³-hybridized carbons (Fsp3) is 0.909. The lowest BCUT2D eigenvalue weighted by atomic mass is 10.1. The van der Waals surface area contributed by atoms with Crippen LogP contribution in [-0.4, -0.2) is 60.0 Å². The average Bonchev–Trinajstić information content (AvgIpc) is 2.43. The van der Waals surface area contributed by atoms with Gasteiger partial charge in [-0.15, -0.1) is 0 Å². The predicted molar refractivity (Wildman–Crippen MR) is 75.8 cm³/mol. The maximum absolute atomic E-state index is 11.8. The molecule has 1 heterocycles. The first kappa shape index (κ1) is 16.2. The van der Waals surface area contributed by atoms with Gasteiger partial charge in [0.15, 0.2) is 5.96 Å². The first-order valence-corrected chi connectivity index (χ1v) is 8.20. The van der Waals surface area contributed by atoms with Crippen LogP contribution in [0.5, 0.6) is 0 Å². The van der Waals surface area contributed by atoms with Crippen LogP contribution in [0.3, 0.4) is 0 Å². The van der Waals surface area contributed by atoms with E-state index in [0.717, 1.165) is 25.9 Å². The van der Waals surface area contributed by atoms with Crippen molar-refractivity contribution in [2.75, 3.05) is 39.5 Å². The zero-order chi connectivity index (χ0) is 14.1. The molecule has 0 aromatic rings. The van der Waals surface area contributed by atoms with Gasteiger partial charge in [0, 0.05) is 33.8 Å². The molecule has 0 aromatic heterocycles. The number of ether oxygens (including phenoxy) is 1. The highest BCUT2D eigenvalue weighted by Gasteiger charge is 2.17. The number of guanidine groups is 1. The van der Waals surface area contributed by atoms with E-state index in [9.17, 15) is 8.42 Å². The van der Waals surface area contributed by atoms with E-state index in [2.05, 4.69) is 20.3 Å². The Kier molecular flexibility index (Phi) is 7.11. The molecule has 7 nitrogen and oxygen atoms in total. The van der Waals surface area contributed by atoms with Crippen LogP contribution < -0.4 is 15.4 Å². The molecular weight excluding hydrogens is 268 g/mol. The van der Waals surface area contributed by atoms with E-state index >= 15 is 0 Å². The van der Waals surface area contributed by atoms with Crippen molar-refractivity contribution in [1.82, 2.24) is 15.4 Å². The van der Waals surface area contributed by atoms with Gasteiger partial charge in [-0.05, 0) is 19.3 Å². The normalized spacial score (nSPS) is 21.2. The second kappa shape index (κ2) is 8.34. The highest BCUT2D eigenvalue weighted by molar-refractivity contribution is 7.89. The lowest BCUT2D eigenvalue weighted by molar-refractivity contribution is 0.0200. The van der Waals surface area contributed by atoms with Gasteiger partial charge in [-0.25, -0.2) is 13.1 Å². The minimum Gasteiger partial charge on any atom is -0.377 e. The van der Waals surface area contributed by atoms with Crippen molar-refractivity contribution in [3.63, 3.8) is 0 Å². The first-order valence-electron chi connectivity index (χ1n) is 6.54. The summed E-state index contributed by atoms with van der Waals surface area (Å²) in [5.41, 5.74) is 0. The topological polar surface area (TPSA) is 91.8 Å². The van der Waals surface area contributed by atoms with Crippen molar-refractivity contribution in [1.29, 1.82) is 0 Å². The van der Waals surface area contributed by atoms with Crippen LogP contribution >= 0.6 is 0 Å². The molecule has 0 aliphatic carbocycles. The third-order valence-electron chi connectivity index (χ3n) is 2.93. The lowest BCUT2D eigenvalue weighted by Crippen LogP contribution is -2.41. The number of nitrogens with one attached hydrogen (secondary N) is 3. The third-order valence-corrected chi connectivity index (χ3v) is 4.28. The minimum absolute atomic E-state index is 0.0143. The molecule has 1 atom stereocenters. The van der Waals surface area contributed by atoms with Gasteiger partial charge in [-0.1, -0.05) is 0 Å². The van der Waals surface area contributed by atoms with E-state index in [-0.39, 0.29) is 11.9 Å². The summed E-state index contributed by atoms with van der Waals surface area (Å²) in [6, 6.07) is 0. The van der Waals surface area contributed by atoms with Crippen LogP contribution in [0.25, 0.3) is 0 Å². The molecular formula is C11H24N4O3S. The number of hydrogen-bond acceptors (Lipinski definition) is 4. The summed E-state index contributed by atoms with van der Waals surface area (Å²) in [6.45, 7) is 1.41. The Morgan fingerprint density at radius 3 is 2.79 bits per heavy atom. The van der Waals surface area contributed by atoms with Gasteiger partial charge >= 0.3 is 0 Å². The second-order valence-corrected chi connectivity index (χ2v) is 6.33. The summed E-state index contributed by atoms with van der Waals surface area (Å²) in [7, 11) is 0.0873. The molecule has 0 saturated carbocycles. The Morgan fingerprint density at radius 2 is 2.21 bits per heavy atom. The summed E-state index contributed by atoms with van der Waals surface area (Å²) in [4.78, 5) is 3.90. The van der Waals surface area contributed by atoms with Gasteiger partial charge in [-0.3, -0.25) is 4.99 Å². The van der Waals surface area contributed by atoms with E-state index in [4.69, 9.17) is 4.74 Å². The number of rotatable bonds is 6. The molecule has 3 N–H and O–H groups in total. The smallest absolute Gasteiger partial charge is 0.213 e.